The molecule has 24 heavy (non-hydrogen) atoms. The quantitative estimate of drug-likeness (QED) is 0.818. The normalized spacial score (nSPS) is 36.3. The molecule has 2 heterocycles. The van der Waals surface area contributed by atoms with Crippen LogP contribution in [0, 0.1) is 5.41 Å². The van der Waals surface area contributed by atoms with Gasteiger partial charge in [0.1, 0.15) is 0 Å². The van der Waals surface area contributed by atoms with Gasteiger partial charge in [-0.15, -0.1) is 0 Å². The Balaban J connectivity index is 1.40. The van der Waals surface area contributed by atoms with E-state index in [1.807, 2.05) is 33.8 Å². The first-order valence-electron chi connectivity index (χ1n) is 8.81. The highest BCUT2D eigenvalue weighted by Gasteiger charge is 2.53. The maximum absolute atomic E-state index is 9.49. The molecule has 1 spiro atoms. The second-order valence-electron chi connectivity index (χ2n) is 8.70. The molecule has 6 nitrogen and oxygen atoms in total. The molecule has 7 heteroatoms. The highest BCUT2D eigenvalue weighted by Crippen LogP contribution is 2.56. The van der Waals surface area contributed by atoms with Crippen molar-refractivity contribution in [1.82, 2.24) is 9.97 Å². The van der Waals surface area contributed by atoms with Gasteiger partial charge in [0.2, 0.25) is 5.95 Å². The fourth-order valence-electron chi connectivity index (χ4n) is 4.08. The van der Waals surface area contributed by atoms with Crippen LogP contribution in [0.5, 0.6) is 0 Å². The predicted octanol–water partition coefficient (Wildman–Crippen LogP) is 1.49. The molecule has 0 amide bonds. The van der Waals surface area contributed by atoms with E-state index >= 15 is 0 Å². The van der Waals surface area contributed by atoms with Crippen LogP contribution in [0.15, 0.2) is 12.3 Å². The van der Waals surface area contributed by atoms with E-state index < -0.39 is 7.12 Å². The van der Waals surface area contributed by atoms with E-state index in [2.05, 4.69) is 15.3 Å². The third-order valence-corrected chi connectivity index (χ3v) is 6.20. The van der Waals surface area contributed by atoms with E-state index in [9.17, 15) is 5.11 Å². The number of hydrogen-bond donors (Lipinski definition) is 2. The fraction of sp³-hybridized carbons (Fsp3) is 0.765. The summed E-state index contributed by atoms with van der Waals surface area (Å²) in [4.78, 5) is 8.92. The average molecular weight is 331 g/mol. The topological polar surface area (TPSA) is 76.5 Å². The summed E-state index contributed by atoms with van der Waals surface area (Å²) in [7, 11) is -0.465. The lowest BCUT2D eigenvalue weighted by atomic mass is 9.53. The molecule has 3 aliphatic rings. The second kappa shape index (κ2) is 5.16. The van der Waals surface area contributed by atoms with Crippen LogP contribution in [0.25, 0.3) is 0 Å². The summed E-state index contributed by atoms with van der Waals surface area (Å²) in [6, 6.07) is 2.24. The minimum atomic E-state index is -0.465. The van der Waals surface area contributed by atoms with Crippen molar-refractivity contribution >= 4 is 18.7 Å². The largest absolute Gasteiger partial charge is 0.514 e. The van der Waals surface area contributed by atoms with Gasteiger partial charge in [0.25, 0.3) is 0 Å². The summed E-state index contributed by atoms with van der Waals surface area (Å²) in [5.41, 5.74) is 0.378. The molecule has 2 aliphatic carbocycles. The monoisotopic (exact) mass is 331 g/mol. The average Bonchev–Trinajstić information content (AvgIpc) is 2.64. The zero-order valence-electron chi connectivity index (χ0n) is 14.9. The highest BCUT2D eigenvalue weighted by molar-refractivity contribution is 6.61. The fourth-order valence-corrected chi connectivity index (χ4v) is 4.08. The number of aliphatic hydroxyl groups excluding tert-OH is 1. The summed E-state index contributed by atoms with van der Waals surface area (Å²) in [6.45, 7) is 8.14. The van der Waals surface area contributed by atoms with E-state index in [1.165, 1.54) is 0 Å². The zero-order chi connectivity index (χ0) is 17.2. The summed E-state index contributed by atoms with van der Waals surface area (Å²) >= 11 is 0. The van der Waals surface area contributed by atoms with E-state index in [0.717, 1.165) is 31.3 Å². The molecule has 0 unspecified atom stereocenters. The standard InChI is InChI=1S/C17H26BN3O3/c1-15(2)16(3,4)24-18(23-15)13-5-6-19-14(21-13)20-11-7-17(8-11)9-12(22)10-17/h5-6,11-12,22H,7-10H2,1-4H3,(H,19,20,21). The van der Waals surface area contributed by atoms with Crippen LogP contribution in [-0.4, -0.2) is 45.5 Å². The Kier molecular flexibility index (Phi) is 3.51. The third-order valence-electron chi connectivity index (χ3n) is 6.20. The number of aliphatic hydroxyl groups is 1. The van der Waals surface area contributed by atoms with Gasteiger partial charge in [-0.1, -0.05) is 0 Å². The number of hydrogen-bond acceptors (Lipinski definition) is 6. The van der Waals surface area contributed by atoms with E-state index in [4.69, 9.17) is 9.31 Å². The molecule has 0 bridgehead atoms. The van der Waals surface area contributed by atoms with Crippen LogP contribution < -0.4 is 10.9 Å². The van der Waals surface area contributed by atoms with Crippen molar-refractivity contribution in [3.05, 3.63) is 12.3 Å². The second-order valence-corrected chi connectivity index (χ2v) is 8.70. The molecule has 130 valence electrons. The van der Waals surface area contributed by atoms with Crippen LogP contribution in [0.4, 0.5) is 5.95 Å². The Morgan fingerprint density at radius 3 is 2.33 bits per heavy atom. The molecule has 4 rings (SSSR count). The molecular formula is C17H26BN3O3. The van der Waals surface area contributed by atoms with Crippen LogP contribution in [0.2, 0.25) is 0 Å². The molecule has 1 aromatic heterocycles. The minimum Gasteiger partial charge on any atom is -0.398 e. The van der Waals surface area contributed by atoms with Crippen molar-refractivity contribution in [2.75, 3.05) is 5.32 Å². The van der Waals surface area contributed by atoms with Crippen LogP contribution in [-0.2, 0) is 9.31 Å². The zero-order valence-corrected chi connectivity index (χ0v) is 14.9. The number of aromatic nitrogens is 2. The van der Waals surface area contributed by atoms with Crippen LogP contribution in [0.3, 0.4) is 0 Å². The van der Waals surface area contributed by atoms with Gasteiger partial charge in [0.05, 0.1) is 22.9 Å². The number of nitrogens with one attached hydrogen (secondary N) is 1. The molecule has 2 N–H and O–H groups in total. The van der Waals surface area contributed by atoms with Gasteiger partial charge >= 0.3 is 7.12 Å². The molecule has 1 aliphatic heterocycles. The number of anilines is 1. The predicted molar refractivity (Wildman–Crippen MR) is 92.1 cm³/mol. The van der Waals surface area contributed by atoms with E-state index in [0.29, 0.717) is 17.4 Å². The van der Waals surface area contributed by atoms with Gasteiger partial charge in [0.15, 0.2) is 0 Å². The molecule has 0 atom stereocenters. The molecule has 1 saturated heterocycles. The highest BCUT2D eigenvalue weighted by atomic mass is 16.7. The first-order chi connectivity index (χ1) is 11.2. The lowest BCUT2D eigenvalue weighted by Gasteiger charge is -2.56. The number of rotatable bonds is 3. The van der Waals surface area contributed by atoms with Crippen molar-refractivity contribution in [3.8, 4) is 0 Å². The third kappa shape index (κ3) is 2.63. The van der Waals surface area contributed by atoms with Crippen LogP contribution >= 0.6 is 0 Å². The maximum Gasteiger partial charge on any atom is 0.514 e. The van der Waals surface area contributed by atoms with Gasteiger partial charge in [-0.25, -0.2) is 9.97 Å². The Bertz CT molecular complexity index is 622. The summed E-state index contributed by atoms with van der Waals surface area (Å²) in [5.74, 6) is 0.627. The molecular weight excluding hydrogens is 305 g/mol. The van der Waals surface area contributed by atoms with Crippen molar-refractivity contribution in [2.24, 2.45) is 5.41 Å². The minimum absolute atomic E-state index is 0.0890. The molecule has 2 saturated carbocycles. The SMILES string of the molecule is CC1(C)OB(c2ccnc(NC3CC4(CC(O)C4)C3)n2)OC1(C)C. The lowest BCUT2D eigenvalue weighted by Crippen LogP contribution is -2.54. The Hall–Kier alpha value is -1.18. The van der Waals surface area contributed by atoms with Gasteiger partial charge < -0.3 is 19.7 Å². The summed E-state index contributed by atoms with van der Waals surface area (Å²) < 4.78 is 12.1. The van der Waals surface area contributed by atoms with E-state index in [1.54, 1.807) is 6.20 Å². The van der Waals surface area contributed by atoms with E-state index in [-0.39, 0.29) is 17.3 Å². The molecule has 0 radical (unpaired) electrons. The Labute approximate surface area is 143 Å². The van der Waals surface area contributed by atoms with Gasteiger partial charge in [-0.05, 0) is 64.9 Å². The molecule has 3 fully saturated rings. The Morgan fingerprint density at radius 2 is 1.75 bits per heavy atom. The first kappa shape index (κ1) is 16.3. The van der Waals surface area contributed by atoms with Crippen molar-refractivity contribution in [1.29, 1.82) is 0 Å². The van der Waals surface area contributed by atoms with Crippen molar-refractivity contribution < 1.29 is 14.4 Å². The van der Waals surface area contributed by atoms with Gasteiger partial charge in [-0.2, -0.15) is 0 Å². The van der Waals surface area contributed by atoms with Gasteiger partial charge in [-0.3, -0.25) is 0 Å². The number of nitrogens with zero attached hydrogens (tertiary/aromatic N) is 2. The summed E-state index contributed by atoms with van der Waals surface area (Å²) in [6.07, 6.45) is 5.73. The van der Waals surface area contributed by atoms with Crippen molar-refractivity contribution in [2.45, 2.75) is 76.7 Å². The molecule has 1 aromatic rings. The lowest BCUT2D eigenvalue weighted by molar-refractivity contribution is -0.0868. The van der Waals surface area contributed by atoms with Gasteiger partial charge in [0, 0.05) is 12.2 Å². The van der Waals surface area contributed by atoms with Crippen LogP contribution in [0.1, 0.15) is 53.4 Å². The maximum atomic E-state index is 9.49. The first-order valence-corrected chi connectivity index (χ1v) is 8.81. The smallest absolute Gasteiger partial charge is 0.398 e. The van der Waals surface area contributed by atoms with Crippen molar-refractivity contribution in [3.63, 3.8) is 0 Å². The Morgan fingerprint density at radius 1 is 1.12 bits per heavy atom. The molecule has 0 aromatic carbocycles. The summed E-state index contributed by atoms with van der Waals surface area (Å²) in [5, 5.41) is 12.9.